The van der Waals surface area contributed by atoms with Crippen LogP contribution in [0.1, 0.15) is 29.5 Å². The van der Waals surface area contributed by atoms with E-state index >= 15 is 0 Å². The van der Waals surface area contributed by atoms with Gasteiger partial charge < -0.3 is 39.0 Å². The Morgan fingerprint density at radius 2 is 1.50 bits per heavy atom. The van der Waals surface area contributed by atoms with Crippen LogP contribution < -0.4 is 19.5 Å². The molecular weight excluding hydrogens is 657 g/mol. The number of nitrogens with one attached hydrogen (secondary N) is 1. The lowest BCUT2D eigenvalue weighted by molar-refractivity contribution is -0.192. The summed E-state index contributed by atoms with van der Waals surface area (Å²) in [6.07, 6.45) is -3.25. The molecule has 1 saturated heterocycles. The predicted octanol–water partition coefficient (Wildman–Crippen LogP) is 5.54. The van der Waals surface area contributed by atoms with E-state index in [1.807, 2.05) is 60.7 Å². The number of alkyl halides is 3. The minimum Gasteiger partial charge on any atom is -0.496 e. The van der Waals surface area contributed by atoms with Gasteiger partial charge in [0.05, 0.1) is 40.5 Å². The number of nitrogens with zero attached hydrogens (tertiary/aromatic N) is 1. The molecule has 2 bridgehead atoms. The van der Waals surface area contributed by atoms with Crippen LogP contribution in [0.5, 0.6) is 17.2 Å². The molecule has 2 atom stereocenters. The molecule has 1 fully saturated rings. The van der Waals surface area contributed by atoms with E-state index in [-0.39, 0.29) is 25.0 Å². The fourth-order valence-electron chi connectivity index (χ4n) is 5.89. The number of halogens is 3. The number of carbonyl (C=O) groups excluding carboxylic acids is 1. The molecule has 3 aromatic rings. The summed E-state index contributed by atoms with van der Waals surface area (Å²) in [6, 6.07) is 24.2. The van der Waals surface area contributed by atoms with Gasteiger partial charge >= 0.3 is 18.1 Å². The lowest BCUT2D eigenvalue weighted by atomic mass is 9.84. The Bertz CT molecular complexity index is 1600. The number of fused-ring (bicyclic) bond motifs is 2. The first kappa shape index (κ1) is 38.2. The number of para-hydroxylation sites is 2. The molecule has 10 nitrogen and oxygen atoms in total. The van der Waals surface area contributed by atoms with Crippen molar-refractivity contribution >= 4 is 17.5 Å². The summed E-state index contributed by atoms with van der Waals surface area (Å²) in [5.41, 5.74) is 5.39. The third-order valence-corrected chi connectivity index (χ3v) is 8.24. The number of hydrogen-bond donors (Lipinski definition) is 2. The van der Waals surface area contributed by atoms with E-state index < -0.39 is 12.1 Å². The SMILES string of the molecule is COc1ccccc1COCCCOc1ccc(C2=C(COC(=O)Cc3ccccc3OC)[C@H]3CN(C)C[C@@H](C2)N3)cc1.O=C(O)C(F)(F)F. The molecule has 0 aliphatic carbocycles. The van der Waals surface area contributed by atoms with Crippen LogP contribution in [0.2, 0.25) is 0 Å². The number of likely N-dealkylation sites (N-methyl/N-ethyl adjacent to an activating group) is 1. The summed E-state index contributed by atoms with van der Waals surface area (Å²) in [7, 11) is 5.43. The van der Waals surface area contributed by atoms with Crippen LogP contribution in [-0.4, -0.2) is 94.4 Å². The summed E-state index contributed by atoms with van der Waals surface area (Å²) in [5, 5.41) is 10.9. The van der Waals surface area contributed by atoms with Crippen LogP contribution in [0.4, 0.5) is 13.2 Å². The van der Waals surface area contributed by atoms with Crippen molar-refractivity contribution in [1.82, 2.24) is 10.2 Å². The number of carbonyl (C=O) groups is 2. The van der Waals surface area contributed by atoms with Gasteiger partial charge in [-0.1, -0.05) is 48.5 Å². The highest BCUT2D eigenvalue weighted by atomic mass is 19.4. The lowest BCUT2D eigenvalue weighted by Gasteiger charge is -2.43. The fourth-order valence-corrected chi connectivity index (χ4v) is 5.89. The maximum absolute atomic E-state index is 12.9. The highest BCUT2D eigenvalue weighted by Crippen LogP contribution is 2.34. The van der Waals surface area contributed by atoms with E-state index in [1.165, 1.54) is 5.57 Å². The topological polar surface area (TPSA) is 116 Å². The van der Waals surface area contributed by atoms with Gasteiger partial charge in [0, 0.05) is 42.7 Å². The molecule has 0 unspecified atom stereocenters. The van der Waals surface area contributed by atoms with Crippen LogP contribution in [0.15, 0.2) is 78.4 Å². The molecule has 0 saturated carbocycles. The first-order chi connectivity index (χ1) is 24.0. The van der Waals surface area contributed by atoms with Gasteiger partial charge in [-0.05, 0) is 54.4 Å². The van der Waals surface area contributed by atoms with Crippen molar-refractivity contribution in [2.45, 2.75) is 44.1 Å². The summed E-state index contributed by atoms with van der Waals surface area (Å²) >= 11 is 0. The van der Waals surface area contributed by atoms with Gasteiger partial charge in [0.2, 0.25) is 0 Å². The van der Waals surface area contributed by atoms with Gasteiger partial charge in [-0.2, -0.15) is 13.2 Å². The number of carboxylic acids is 1. The molecular formula is C37H43F3N2O8. The molecule has 2 N–H and O–H groups in total. The number of aliphatic carboxylic acids is 1. The van der Waals surface area contributed by atoms with Gasteiger partial charge in [0.15, 0.2) is 0 Å². The largest absolute Gasteiger partial charge is 0.496 e. The molecule has 0 radical (unpaired) electrons. The summed E-state index contributed by atoms with van der Waals surface area (Å²) in [6.45, 7) is 3.81. The van der Waals surface area contributed by atoms with Crippen molar-refractivity contribution in [3.63, 3.8) is 0 Å². The molecule has 2 heterocycles. The van der Waals surface area contributed by atoms with Gasteiger partial charge in [0.25, 0.3) is 0 Å². The highest BCUT2D eigenvalue weighted by molar-refractivity contribution is 5.76. The average molecular weight is 701 g/mol. The number of hydrogen-bond acceptors (Lipinski definition) is 9. The Labute approximate surface area is 289 Å². The molecule has 270 valence electrons. The van der Waals surface area contributed by atoms with Crippen LogP contribution in [0.3, 0.4) is 0 Å². The second-order valence-electron chi connectivity index (χ2n) is 11.9. The number of rotatable bonds is 14. The Balaban J connectivity index is 0.000000727. The maximum Gasteiger partial charge on any atom is 0.490 e. The Morgan fingerprint density at radius 1 is 0.880 bits per heavy atom. The van der Waals surface area contributed by atoms with Crippen LogP contribution in [0, 0.1) is 0 Å². The van der Waals surface area contributed by atoms with Crippen molar-refractivity contribution in [2.24, 2.45) is 0 Å². The number of carboxylic acid groups (broad SMARTS) is 1. The number of ether oxygens (including phenoxy) is 5. The van der Waals surface area contributed by atoms with Crippen molar-refractivity contribution in [3.05, 3.63) is 95.1 Å². The quantitative estimate of drug-likeness (QED) is 0.164. The minimum absolute atomic E-state index is 0.137. The molecule has 50 heavy (non-hydrogen) atoms. The second kappa shape index (κ2) is 18.4. The molecule has 0 spiro atoms. The van der Waals surface area contributed by atoms with Crippen LogP contribution in [0.25, 0.3) is 5.57 Å². The van der Waals surface area contributed by atoms with E-state index in [1.54, 1.807) is 14.2 Å². The summed E-state index contributed by atoms with van der Waals surface area (Å²) in [4.78, 5) is 24.1. The first-order valence-corrected chi connectivity index (χ1v) is 16.2. The molecule has 2 aliphatic rings. The van der Waals surface area contributed by atoms with E-state index in [0.717, 1.165) is 59.7 Å². The third kappa shape index (κ3) is 11.2. The minimum atomic E-state index is -5.08. The molecule has 13 heteroatoms. The van der Waals surface area contributed by atoms with Crippen LogP contribution in [-0.2, 0) is 32.1 Å². The zero-order valence-electron chi connectivity index (χ0n) is 28.3. The highest BCUT2D eigenvalue weighted by Gasteiger charge is 2.38. The van der Waals surface area contributed by atoms with E-state index in [2.05, 4.69) is 29.4 Å². The maximum atomic E-state index is 12.9. The molecule has 2 aliphatic heterocycles. The number of piperazine rings is 1. The standard InChI is InChI=1S/C35H42N2O6.C2HF3O2/c1-37-21-28-20-30(31(32(22-37)36-28)24-43-35(38)19-26-9-4-6-11-33(26)39-2)25-13-15-29(16-14-25)42-18-8-17-41-23-27-10-5-7-12-34(27)40-3;3-2(4,5)1(6)7/h4-7,9-16,28,32,36H,8,17-24H2,1-3H3;(H,6,7)/t28-,32-;/m1./s1. The average Bonchev–Trinajstić information content (AvgIpc) is 3.09. The van der Waals surface area contributed by atoms with Crippen LogP contribution >= 0.6 is 0 Å². The lowest BCUT2D eigenvalue weighted by Crippen LogP contribution is -2.58. The monoisotopic (exact) mass is 700 g/mol. The smallest absolute Gasteiger partial charge is 0.490 e. The first-order valence-electron chi connectivity index (χ1n) is 16.2. The molecule has 0 aromatic heterocycles. The Hall–Kier alpha value is -4.59. The van der Waals surface area contributed by atoms with Gasteiger partial charge in [-0.3, -0.25) is 4.79 Å². The zero-order valence-corrected chi connectivity index (χ0v) is 28.3. The number of esters is 1. The Kier molecular flexibility index (Phi) is 14.1. The normalized spacial score (nSPS) is 17.3. The summed E-state index contributed by atoms with van der Waals surface area (Å²) < 4.78 is 60.2. The second-order valence-corrected chi connectivity index (χ2v) is 11.9. The predicted molar refractivity (Wildman–Crippen MR) is 180 cm³/mol. The third-order valence-electron chi connectivity index (χ3n) is 8.24. The van der Waals surface area contributed by atoms with Crippen molar-refractivity contribution < 1.29 is 51.6 Å². The summed E-state index contributed by atoms with van der Waals surface area (Å²) in [5.74, 6) is -0.663. The molecule has 3 aromatic carbocycles. The van der Waals surface area contributed by atoms with E-state index in [9.17, 15) is 18.0 Å². The molecule has 0 amide bonds. The van der Waals surface area contributed by atoms with E-state index in [0.29, 0.717) is 31.6 Å². The van der Waals surface area contributed by atoms with Gasteiger partial charge in [-0.25, -0.2) is 4.79 Å². The van der Waals surface area contributed by atoms with Gasteiger partial charge in [-0.15, -0.1) is 0 Å². The van der Waals surface area contributed by atoms with Crippen molar-refractivity contribution in [3.8, 4) is 17.2 Å². The van der Waals surface area contributed by atoms with Crippen molar-refractivity contribution in [1.29, 1.82) is 0 Å². The van der Waals surface area contributed by atoms with Gasteiger partial charge in [0.1, 0.15) is 23.9 Å². The number of methoxy groups -OCH3 is 2. The fraction of sp³-hybridized carbons (Fsp3) is 0.405. The van der Waals surface area contributed by atoms with Crippen molar-refractivity contribution in [2.75, 3.05) is 54.2 Å². The Morgan fingerprint density at radius 3 is 2.14 bits per heavy atom. The molecule has 5 rings (SSSR count). The zero-order chi connectivity index (χ0) is 36.1. The van der Waals surface area contributed by atoms with E-state index in [4.69, 9.17) is 33.6 Å². The number of benzene rings is 3.